The van der Waals surface area contributed by atoms with Crippen molar-refractivity contribution in [2.75, 3.05) is 39.6 Å². The van der Waals surface area contributed by atoms with Crippen molar-refractivity contribution in [2.24, 2.45) is 17.8 Å². The van der Waals surface area contributed by atoms with Crippen LogP contribution in [0.3, 0.4) is 0 Å². The fourth-order valence-corrected chi connectivity index (χ4v) is 15.3. The van der Waals surface area contributed by atoms with Gasteiger partial charge in [-0.15, -0.1) is 0 Å². The minimum absolute atomic E-state index is 0.106. The molecule has 0 aromatic rings. The van der Waals surface area contributed by atoms with Gasteiger partial charge in [0.25, 0.3) is 0 Å². The summed E-state index contributed by atoms with van der Waals surface area (Å²) in [4.78, 5) is 73.3. The van der Waals surface area contributed by atoms with E-state index in [0.717, 1.165) is 108 Å². The van der Waals surface area contributed by atoms with E-state index in [2.05, 4.69) is 48.5 Å². The van der Waals surface area contributed by atoms with Crippen molar-refractivity contribution in [1.29, 1.82) is 0 Å². The Balaban J connectivity index is 5.24. The molecule has 0 aliphatic heterocycles. The topological polar surface area (TPSA) is 237 Å². The monoisotopic (exact) mass is 1560 g/mol. The Hall–Kier alpha value is -1.94. The molecule has 19 heteroatoms. The molecule has 0 aromatic heterocycles. The van der Waals surface area contributed by atoms with Gasteiger partial charge in [-0.3, -0.25) is 37.3 Å². The first kappa shape index (κ1) is 105. The molecule has 0 aromatic carbocycles. The van der Waals surface area contributed by atoms with E-state index in [1.807, 2.05) is 0 Å². The standard InChI is InChI=1S/C88H172O17P2/c1-8-9-10-11-12-13-14-15-16-17-18-19-23-26-29-32-41-48-55-62-69-85(90)98-75-83(104-87(92)71-64-57-50-43-33-30-27-24-21-20-22-25-28-31-38-45-52-59-66-79(2)3)77-102-106(94,95)100-73-82(89)74-101-107(96,97)103-78-84(105-88(93)72-65-58-51-44-37-35-40-47-54-61-68-81(6)7)76-99-86(91)70-63-56-49-42-36-34-39-46-53-60-67-80(4)5/h79-84,89H,8-78H2,1-7H3,(H,94,95)(H,96,97)/t82-,83-,84-/m1/s1. The van der Waals surface area contributed by atoms with Gasteiger partial charge in [0.15, 0.2) is 12.2 Å². The van der Waals surface area contributed by atoms with Crippen molar-refractivity contribution in [3.8, 4) is 0 Å². The van der Waals surface area contributed by atoms with E-state index in [9.17, 15) is 43.2 Å². The molecule has 0 amide bonds. The Morgan fingerprint density at radius 3 is 0.636 bits per heavy atom. The van der Waals surface area contributed by atoms with Gasteiger partial charge in [-0.2, -0.15) is 0 Å². The Labute approximate surface area is 658 Å². The number of carbonyl (C=O) groups is 4. The highest BCUT2D eigenvalue weighted by atomic mass is 31.2. The van der Waals surface area contributed by atoms with Crippen molar-refractivity contribution >= 4 is 39.5 Å². The number of unbranched alkanes of at least 4 members (excludes halogenated alkanes) is 54. The number of phosphoric ester groups is 2. The first-order valence-electron chi connectivity index (χ1n) is 45.3. The predicted molar refractivity (Wildman–Crippen MR) is 441 cm³/mol. The maximum Gasteiger partial charge on any atom is 0.472 e. The van der Waals surface area contributed by atoms with Crippen LogP contribution in [0.15, 0.2) is 0 Å². The van der Waals surface area contributed by atoms with E-state index in [1.54, 1.807) is 0 Å². The lowest BCUT2D eigenvalue weighted by Crippen LogP contribution is -2.30. The smallest absolute Gasteiger partial charge is 0.462 e. The summed E-state index contributed by atoms with van der Waals surface area (Å²) in [6.07, 6.45) is 69.5. The molecule has 0 saturated carbocycles. The Morgan fingerprint density at radius 1 is 0.252 bits per heavy atom. The third-order valence-corrected chi connectivity index (χ3v) is 22.5. The summed E-state index contributed by atoms with van der Waals surface area (Å²) in [5.74, 6) is 0.228. The molecule has 17 nitrogen and oxygen atoms in total. The number of rotatable bonds is 86. The maximum absolute atomic E-state index is 13.2. The van der Waals surface area contributed by atoms with E-state index >= 15 is 0 Å². The lowest BCUT2D eigenvalue weighted by molar-refractivity contribution is -0.161. The molecule has 107 heavy (non-hydrogen) atoms. The summed E-state index contributed by atoms with van der Waals surface area (Å²) in [5, 5.41) is 10.7. The van der Waals surface area contributed by atoms with E-state index in [4.69, 9.17) is 37.0 Å². The first-order chi connectivity index (χ1) is 51.7. The minimum atomic E-state index is -4.97. The number of hydrogen-bond acceptors (Lipinski definition) is 15. The fraction of sp³-hybridized carbons (Fsp3) is 0.955. The van der Waals surface area contributed by atoms with Gasteiger partial charge in [-0.05, 0) is 43.4 Å². The molecule has 3 N–H and O–H groups in total. The van der Waals surface area contributed by atoms with Crippen LogP contribution in [0.5, 0.6) is 0 Å². The van der Waals surface area contributed by atoms with Crippen LogP contribution < -0.4 is 0 Å². The SMILES string of the molecule is CCCCCCCCCCCCCCCCCCCCCCC(=O)OC[C@H](COP(=O)(O)OC[C@@H](O)COP(=O)(O)OC[C@@H](COC(=O)CCCCCCCCCCCCC(C)C)OC(=O)CCCCCCCCCCCCC(C)C)OC(=O)CCCCCCCCCCCCCCCCCCCCC(C)C. The van der Waals surface area contributed by atoms with Crippen molar-refractivity contribution < 1.29 is 80.2 Å². The van der Waals surface area contributed by atoms with E-state index in [0.29, 0.717) is 25.7 Å². The maximum atomic E-state index is 13.2. The normalized spacial score (nSPS) is 13.8. The van der Waals surface area contributed by atoms with Crippen LogP contribution in [0, 0.1) is 17.8 Å². The first-order valence-corrected chi connectivity index (χ1v) is 48.3. The molecule has 0 saturated heterocycles. The highest BCUT2D eigenvalue weighted by Crippen LogP contribution is 2.45. The summed E-state index contributed by atoms with van der Waals surface area (Å²) in [5.41, 5.74) is 0. The van der Waals surface area contributed by atoms with Crippen LogP contribution in [0.2, 0.25) is 0 Å². The van der Waals surface area contributed by atoms with Crippen LogP contribution in [-0.4, -0.2) is 96.7 Å². The van der Waals surface area contributed by atoms with Gasteiger partial charge >= 0.3 is 39.5 Å². The molecule has 2 unspecified atom stereocenters. The second kappa shape index (κ2) is 78.0. The summed E-state index contributed by atoms with van der Waals surface area (Å²) in [7, 11) is -9.93. The molecule has 0 aliphatic carbocycles. The van der Waals surface area contributed by atoms with Crippen molar-refractivity contribution in [3.63, 3.8) is 0 Å². The Kier molecular flexibility index (Phi) is 76.6. The zero-order chi connectivity index (χ0) is 78.6. The summed E-state index contributed by atoms with van der Waals surface area (Å²) in [6.45, 7) is 12.0. The zero-order valence-electron chi connectivity index (χ0n) is 70.6. The number of ether oxygens (including phenoxy) is 4. The Morgan fingerprint density at radius 2 is 0.430 bits per heavy atom. The van der Waals surface area contributed by atoms with E-state index in [-0.39, 0.29) is 25.7 Å². The van der Waals surface area contributed by atoms with Crippen LogP contribution in [0.25, 0.3) is 0 Å². The molecule has 5 atom stereocenters. The highest BCUT2D eigenvalue weighted by Gasteiger charge is 2.31. The molecule has 0 fully saturated rings. The van der Waals surface area contributed by atoms with Gasteiger partial charge in [0.1, 0.15) is 19.3 Å². The van der Waals surface area contributed by atoms with Gasteiger partial charge < -0.3 is 33.8 Å². The third-order valence-electron chi connectivity index (χ3n) is 20.6. The van der Waals surface area contributed by atoms with Crippen LogP contribution in [0.4, 0.5) is 0 Å². The molecule has 0 heterocycles. The predicted octanol–water partition coefficient (Wildman–Crippen LogP) is 26.9. The average Bonchev–Trinajstić information content (AvgIpc) is 0.999. The summed E-state index contributed by atoms with van der Waals surface area (Å²) < 4.78 is 69.0. The van der Waals surface area contributed by atoms with Gasteiger partial charge in [0.2, 0.25) is 0 Å². The zero-order valence-corrected chi connectivity index (χ0v) is 72.4. The largest absolute Gasteiger partial charge is 0.472 e. The van der Waals surface area contributed by atoms with Crippen molar-refractivity contribution in [1.82, 2.24) is 0 Å². The molecule has 0 aliphatic rings. The molecule has 0 spiro atoms. The van der Waals surface area contributed by atoms with Gasteiger partial charge in [-0.1, -0.05) is 414 Å². The lowest BCUT2D eigenvalue weighted by atomic mass is 10.0. The quantitative estimate of drug-likeness (QED) is 0.0222. The van der Waals surface area contributed by atoms with Crippen molar-refractivity contribution in [3.05, 3.63) is 0 Å². The van der Waals surface area contributed by atoms with Crippen LogP contribution >= 0.6 is 15.6 Å². The van der Waals surface area contributed by atoms with E-state index < -0.39 is 97.5 Å². The van der Waals surface area contributed by atoms with Gasteiger partial charge in [-0.25, -0.2) is 9.13 Å². The fourth-order valence-electron chi connectivity index (χ4n) is 13.7. The average molecular weight is 1560 g/mol. The number of phosphoric acid groups is 2. The van der Waals surface area contributed by atoms with Crippen molar-refractivity contribution in [2.45, 2.75) is 484 Å². The molecule has 0 bridgehead atoms. The molecular formula is C88H172O17P2. The highest BCUT2D eigenvalue weighted by molar-refractivity contribution is 7.47. The Bertz CT molecular complexity index is 2060. The van der Waals surface area contributed by atoms with Crippen LogP contribution in [0.1, 0.15) is 466 Å². The number of aliphatic hydroxyl groups is 1. The number of hydrogen-bond donors (Lipinski definition) is 3. The third kappa shape index (κ3) is 81.9. The second-order valence-electron chi connectivity index (χ2n) is 33.1. The minimum Gasteiger partial charge on any atom is -0.462 e. The summed E-state index contributed by atoms with van der Waals surface area (Å²) in [6, 6.07) is 0. The molecule has 0 rings (SSSR count). The van der Waals surface area contributed by atoms with Gasteiger partial charge in [0.05, 0.1) is 26.4 Å². The van der Waals surface area contributed by atoms with E-state index in [1.165, 1.54) is 276 Å². The molecular weight excluding hydrogens is 1390 g/mol. The van der Waals surface area contributed by atoms with Crippen LogP contribution in [-0.2, 0) is 65.4 Å². The second-order valence-corrected chi connectivity index (χ2v) is 36.0. The van der Waals surface area contributed by atoms with Gasteiger partial charge in [0, 0.05) is 25.7 Å². The number of aliphatic hydroxyl groups excluding tert-OH is 1. The number of esters is 4. The summed E-state index contributed by atoms with van der Waals surface area (Å²) >= 11 is 0. The number of carbonyl (C=O) groups excluding carboxylic acids is 4. The molecule has 636 valence electrons. The lowest BCUT2D eigenvalue weighted by Gasteiger charge is -2.21. The molecule has 0 radical (unpaired) electrons.